The first-order valence-electron chi connectivity index (χ1n) is 5.90. The van der Waals surface area contributed by atoms with Crippen LogP contribution in [-0.2, 0) is 6.42 Å². The maximum atomic E-state index is 2.34. The largest absolute Gasteiger partial charge is 0.0727 e. The molecule has 1 aliphatic carbocycles. The van der Waals surface area contributed by atoms with Crippen molar-refractivity contribution in [3.8, 4) is 0 Å². The molecule has 0 N–H and O–H groups in total. The molecule has 0 heteroatoms. The maximum Gasteiger partial charge on any atom is -0.00607 e. The topological polar surface area (TPSA) is 0 Å². The summed E-state index contributed by atoms with van der Waals surface area (Å²) in [5.41, 5.74) is 7.03. The molecule has 0 aliphatic heterocycles. The van der Waals surface area contributed by atoms with Crippen molar-refractivity contribution in [2.24, 2.45) is 0 Å². The Morgan fingerprint density at radius 2 is 1.62 bits per heavy atom. The average Bonchev–Trinajstić information content (AvgIpc) is 2.20. The Balaban J connectivity index is 2.15. The van der Waals surface area contributed by atoms with Gasteiger partial charge in [-0.3, -0.25) is 0 Å². The molecule has 0 spiro atoms. The molecule has 83 valence electrons. The van der Waals surface area contributed by atoms with Gasteiger partial charge >= 0.3 is 0 Å². The number of aryl methyl sites for hydroxylation is 2. The van der Waals surface area contributed by atoms with E-state index >= 15 is 0 Å². The lowest BCUT2D eigenvalue weighted by atomic mass is 9.93. The van der Waals surface area contributed by atoms with Crippen molar-refractivity contribution in [1.82, 2.24) is 0 Å². The van der Waals surface area contributed by atoms with Crippen LogP contribution in [0.5, 0.6) is 0 Å². The molecule has 0 saturated carbocycles. The van der Waals surface area contributed by atoms with Crippen LogP contribution in [-0.4, -0.2) is 0 Å². The average molecular weight is 211 g/mol. The molecule has 1 radical (unpaired) electrons. The molecular weight excluding hydrogens is 192 g/mol. The number of allylic oxidation sites excluding steroid dienone is 4. The highest BCUT2D eigenvalue weighted by atomic mass is 14.1. The summed E-state index contributed by atoms with van der Waals surface area (Å²) < 4.78 is 0. The van der Waals surface area contributed by atoms with Crippen LogP contribution >= 0.6 is 0 Å². The van der Waals surface area contributed by atoms with E-state index in [-0.39, 0.29) is 0 Å². The molecule has 2 rings (SSSR count). The van der Waals surface area contributed by atoms with Crippen LogP contribution in [0.1, 0.15) is 30.0 Å². The van der Waals surface area contributed by atoms with Crippen LogP contribution in [0.25, 0.3) is 0 Å². The highest BCUT2D eigenvalue weighted by Crippen LogP contribution is 2.21. The van der Waals surface area contributed by atoms with Gasteiger partial charge in [0.1, 0.15) is 0 Å². The highest BCUT2D eigenvalue weighted by Gasteiger charge is 2.05. The van der Waals surface area contributed by atoms with Gasteiger partial charge in [0.25, 0.3) is 0 Å². The summed E-state index contributed by atoms with van der Waals surface area (Å²) in [5, 5.41) is 0. The predicted molar refractivity (Wildman–Crippen MR) is 70.4 cm³/mol. The van der Waals surface area contributed by atoms with Gasteiger partial charge in [-0.05, 0) is 45.6 Å². The van der Waals surface area contributed by atoms with E-state index in [1.165, 1.54) is 27.8 Å². The van der Waals surface area contributed by atoms with Crippen molar-refractivity contribution in [3.63, 3.8) is 0 Å². The van der Waals surface area contributed by atoms with E-state index in [1.54, 1.807) is 0 Å². The second-order valence-electron chi connectivity index (χ2n) is 4.84. The van der Waals surface area contributed by atoms with Gasteiger partial charge in [-0.15, -0.1) is 0 Å². The van der Waals surface area contributed by atoms with Gasteiger partial charge in [-0.1, -0.05) is 52.6 Å². The van der Waals surface area contributed by atoms with Gasteiger partial charge in [-0.2, -0.15) is 0 Å². The Bertz CT molecular complexity index is 427. The van der Waals surface area contributed by atoms with Crippen LogP contribution in [0.2, 0.25) is 0 Å². The minimum Gasteiger partial charge on any atom is -0.0727 e. The fourth-order valence-corrected chi connectivity index (χ4v) is 2.22. The summed E-state index contributed by atoms with van der Waals surface area (Å²) in [5.74, 6) is 0. The first kappa shape index (κ1) is 11.2. The minimum absolute atomic E-state index is 1.06. The fourth-order valence-electron chi connectivity index (χ4n) is 2.22. The van der Waals surface area contributed by atoms with E-state index < -0.39 is 0 Å². The van der Waals surface area contributed by atoms with Crippen LogP contribution in [0.4, 0.5) is 0 Å². The van der Waals surface area contributed by atoms with Crippen molar-refractivity contribution >= 4 is 0 Å². The van der Waals surface area contributed by atoms with Gasteiger partial charge < -0.3 is 0 Å². The van der Waals surface area contributed by atoms with Crippen molar-refractivity contribution in [2.45, 2.75) is 33.6 Å². The van der Waals surface area contributed by atoms with E-state index in [9.17, 15) is 0 Å². The second kappa shape index (κ2) is 4.69. The van der Waals surface area contributed by atoms with Crippen molar-refractivity contribution in [1.29, 1.82) is 0 Å². The standard InChI is InChI=1S/C16H19/c1-12-4-6-15(7-5-12)11-16-9-13(2)8-14(3)10-16/h4,6-10H,5,11H2,1-3H3. The normalized spacial score (nSPS) is 15.7. The SMILES string of the molecule is CC1=CC=C(Cc2cc(C)cc(C)c2)[CH]C1. The van der Waals surface area contributed by atoms with E-state index in [0.717, 1.165) is 12.8 Å². The Labute approximate surface area is 98.7 Å². The molecule has 0 saturated heterocycles. The van der Waals surface area contributed by atoms with E-state index in [2.05, 4.69) is 57.5 Å². The quantitative estimate of drug-likeness (QED) is 0.683. The third kappa shape index (κ3) is 2.85. The highest BCUT2D eigenvalue weighted by molar-refractivity contribution is 5.37. The first-order chi connectivity index (χ1) is 7.63. The van der Waals surface area contributed by atoms with Crippen molar-refractivity contribution < 1.29 is 0 Å². The Morgan fingerprint density at radius 1 is 0.938 bits per heavy atom. The number of benzene rings is 1. The van der Waals surface area contributed by atoms with Gasteiger partial charge in [0.2, 0.25) is 0 Å². The molecule has 0 heterocycles. The van der Waals surface area contributed by atoms with Crippen LogP contribution in [0.15, 0.2) is 41.5 Å². The molecule has 0 fully saturated rings. The lowest BCUT2D eigenvalue weighted by Crippen LogP contribution is -1.97. The van der Waals surface area contributed by atoms with Crippen LogP contribution in [0, 0.1) is 20.3 Å². The number of rotatable bonds is 2. The lowest BCUT2D eigenvalue weighted by molar-refractivity contribution is 1.02. The summed E-state index contributed by atoms with van der Waals surface area (Å²) in [7, 11) is 0. The monoisotopic (exact) mass is 211 g/mol. The van der Waals surface area contributed by atoms with E-state index in [0.29, 0.717) is 0 Å². The van der Waals surface area contributed by atoms with Crippen molar-refractivity contribution in [3.05, 3.63) is 64.6 Å². The van der Waals surface area contributed by atoms with Crippen LogP contribution < -0.4 is 0 Å². The molecule has 0 bridgehead atoms. The summed E-state index contributed by atoms with van der Waals surface area (Å²) in [6.07, 6.45) is 8.99. The van der Waals surface area contributed by atoms with Gasteiger partial charge in [0.15, 0.2) is 0 Å². The molecule has 0 amide bonds. The summed E-state index contributed by atoms with van der Waals surface area (Å²) >= 11 is 0. The summed E-state index contributed by atoms with van der Waals surface area (Å²) in [4.78, 5) is 0. The Kier molecular flexibility index (Phi) is 3.28. The van der Waals surface area contributed by atoms with Gasteiger partial charge in [0.05, 0.1) is 0 Å². The summed E-state index contributed by atoms with van der Waals surface area (Å²) in [6.45, 7) is 6.51. The van der Waals surface area contributed by atoms with Crippen LogP contribution in [0.3, 0.4) is 0 Å². The maximum absolute atomic E-state index is 2.34. The zero-order valence-electron chi connectivity index (χ0n) is 10.4. The van der Waals surface area contributed by atoms with Crippen molar-refractivity contribution in [2.75, 3.05) is 0 Å². The Morgan fingerprint density at radius 3 is 2.19 bits per heavy atom. The lowest BCUT2D eigenvalue weighted by Gasteiger charge is -2.12. The zero-order chi connectivity index (χ0) is 11.5. The van der Waals surface area contributed by atoms with E-state index in [4.69, 9.17) is 0 Å². The smallest absolute Gasteiger partial charge is 0.00607 e. The summed E-state index contributed by atoms with van der Waals surface area (Å²) in [6, 6.07) is 6.80. The molecule has 0 aromatic heterocycles. The van der Waals surface area contributed by atoms with E-state index in [1.807, 2.05) is 0 Å². The van der Waals surface area contributed by atoms with Gasteiger partial charge in [0, 0.05) is 0 Å². The number of hydrogen-bond donors (Lipinski definition) is 0. The predicted octanol–water partition coefficient (Wildman–Crippen LogP) is 4.33. The first-order valence-corrected chi connectivity index (χ1v) is 5.90. The molecule has 0 atom stereocenters. The molecule has 1 aromatic carbocycles. The third-order valence-electron chi connectivity index (χ3n) is 2.96. The molecule has 0 unspecified atom stereocenters. The fraction of sp³-hybridized carbons (Fsp3) is 0.312. The third-order valence-corrected chi connectivity index (χ3v) is 2.96. The second-order valence-corrected chi connectivity index (χ2v) is 4.84. The molecule has 1 aromatic rings. The Hall–Kier alpha value is -1.30. The molecule has 0 nitrogen and oxygen atoms in total. The minimum atomic E-state index is 1.06. The molecular formula is C16H19. The molecule has 16 heavy (non-hydrogen) atoms. The molecule has 1 aliphatic rings. The number of hydrogen-bond acceptors (Lipinski definition) is 0. The van der Waals surface area contributed by atoms with Gasteiger partial charge in [-0.25, -0.2) is 0 Å². The zero-order valence-corrected chi connectivity index (χ0v) is 10.4.